The number of nitrogen functional groups attached to an aromatic ring is 1. The summed E-state index contributed by atoms with van der Waals surface area (Å²) in [6.45, 7) is 0.890. The van der Waals surface area contributed by atoms with Crippen molar-refractivity contribution in [3.05, 3.63) is 16.0 Å². The van der Waals surface area contributed by atoms with Crippen molar-refractivity contribution in [2.45, 2.75) is 30.8 Å². The third kappa shape index (κ3) is 1.92. The van der Waals surface area contributed by atoms with Crippen LogP contribution in [0.3, 0.4) is 0 Å². The van der Waals surface area contributed by atoms with Crippen LogP contribution >= 0.6 is 0 Å². The molecule has 3 heterocycles. The van der Waals surface area contributed by atoms with Crippen molar-refractivity contribution in [3.8, 4) is 0 Å². The highest BCUT2D eigenvalue weighted by Gasteiger charge is 2.54. The van der Waals surface area contributed by atoms with E-state index in [0.29, 0.717) is 0 Å². The first-order valence-corrected chi connectivity index (χ1v) is 6.26. The lowest BCUT2D eigenvalue weighted by Gasteiger charge is -2.25. The largest absolute Gasteiger partial charge is 0.394 e. The number of nitrogens with one attached hydrogen (secondary N) is 2. The van der Waals surface area contributed by atoms with Gasteiger partial charge in [-0.1, -0.05) is 0 Å². The number of hydrogen-bond acceptors (Lipinski definition) is 8. The SMILES string of the molecule is C[C@@]1(O)[C@H](O)[C@@H](CO)O[C@H]1c1n[nH]c2c(=O)[nH]c(N)nc12. The standard InChI is InChI=1S/C11H15N5O5/c1-11(20)7(18)3(2-17)21-8(11)5-4-6(16-15-5)9(19)14-10(12)13-4/h3,7-8,17-18,20H,2H2,1H3,(H,15,16)(H3,12,13,14,19)/t3-,7-,8+,11-/m1/s1. The molecule has 1 aliphatic rings. The number of rotatable bonds is 2. The summed E-state index contributed by atoms with van der Waals surface area (Å²) in [6, 6.07) is 0. The summed E-state index contributed by atoms with van der Waals surface area (Å²) in [4.78, 5) is 18.0. The van der Waals surface area contributed by atoms with Gasteiger partial charge in [0.15, 0.2) is 0 Å². The van der Waals surface area contributed by atoms with Crippen LogP contribution in [0.15, 0.2) is 4.79 Å². The molecular weight excluding hydrogens is 282 g/mol. The van der Waals surface area contributed by atoms with Gasteiger partial charge >= 0.3 is 0 Å². The first-order chi connectivity index (χ1) is 9.86. The van der Waals surface area contributed by atoms with Gasteiger partial charge in [0.05, 0.1) is 6.61 Å². The smallest absolute Gasteiger partial charge is 0.278 e. The van der Waals surface area contributed by atoms with Crippen molar-refractivity contribution in [1.29, 1.82) is 0 Å². The quantitative estimate of drug-likeness (QED) is 0.361. The zero-order valence-electron chi connectivity index (χ0n) is 11.1. The van der Waals surface area contributed by atoms with Crippen LogP contribution in [0, 0.1) is 0 Å². The molecule has 0 amide bonds. The minimum atomic E-state index is -1.70. The number of nitrogens with zero attached hydrogens (tertiary/aromatic N) is 2. The molecule has 10 nitrogen and oxygen atoms in total. The number of nitrogens with two attached hydrogens (primary N) is 1. The lowest BCUT2D eigenvalue weighted by molar-refractivity contribution is -0.0655. The van der Waals surface area contributed by atoms with E-state index in [4.69, 9.17) is 10.5 Å². The molecule has 0 unspecified atom stereocenters. The van der Waals surface area contributed by atoms with Crippen molar-refractivity contribution in [1.82, 2.24) is 20.2 Å². The molecule has 21 heavy (non-hydrogen) atoms. The number of hydrogen-bond donors (Lipinski definition) is 6. The molecule has 10 heteroatoms. The van der Waals surface area contributed by atoms with E-state index in [-0.39, 0.29) is 22.7 Å². The Morgan fingerprint density at radius 1 is 1.52 bits per heavy atom. The first-order valence-electron chi connectivity index (χ1n) is 6.26. The molecule has 0 bridgehead atoms. The molecule has 0 saturated carbocycles. The molecule has 0 aromatic carbocycles. The van der Waals surface area contributed by atoms with Crippen LogP contribution in [0.1, 0.15) is 18.7 Å². The zero-order chi connectivity index (χ0) is 15.4. The minimum Gasteiger partial charge on any atom is -0.394 e. The van der Waals surface area contributed by atoms with Crippen LogP contribution in [0.25, 0.3) is 11.0 Å². The van der Waals surface area contributed by atoms with Crippen molar-refractivity contribution in [3.63, 3.8) is 0 Å². The molecular formula is C11H15N5O5. The van der Waals surface area contributed by atoms with Gasteiger partial charge in [-0.3, -0.25) is 14.9 Å². The van der Waals surface area contributed by atoms with Gasteiger partial charge in [0.1, 0.15) is 40.6 Å². The molecule has 3 rings (SSSR count). The summed E-state index contributed by atoms with van der Waals surface area (Å²) in [5.74, 6) is -0.105. The van der Waals surface area contributed by atoms with E-state index in [1.807, 2.05) is 0 Å². The summed E-state index contributed by atoms with van der Waals surface area (Å²) in [6.07, 6.45) is -3.33. The monoisotopic (exact) mass is 297 g/mol. The Balaban J connectivity index is 2.15. The number of aromatic nitrogens is 4. The van der Waals surface area contributed by atoms with Gasteiger partial charge in [-0.2, -0.15) is 5.10 Å². The number of aromatic amines is 2. The summed E-state index contributed by atoms with van der Waals surface area (Å²) in [5, 5.41) is 36.0. The Morgan fingerprint density at radius 3 is 2.86 bits per heavy atom. The molecule has 2 aromatic heterocycles. The molecule has 0 aliphatic carbocycles. The maximum absolute atomic E-state index is 11.7. The van der Waals surface area contributed by atoms with E-state index in [1.54, 1.807) is 0 Å². The number of aliphatic hydroxyl groups excluding tert-OH is 2. The highest BCUT2D eigenvalue weighted by Crippen LogP contribution is 2.42. The third-order valence-corrected chi connectivity index (χ3v) is 3.69. The van der Waals surface area contributed by atoms with Crippen LogP contribution in [0.5, 0.6) is 0 Å². The Kier molecular flexibility index (Phi) is 2.99. The number of ether oxygens (including phenoxy) is 1. The molecule has 1 saturated heterocycles. The van der Waals surface area contributed by atoms with E-state index in [9.17, 15) is 20.1 Å². The van der Waals surface area contributed by atoms with Gasteiger partial charge in [0, 0.05) is 0 Å². The fraction of sp³-hybridized carbons (Fsp3) is 0.545. The lowest BCUT2D eigenvalue weighted by Crippen LogP contribution is -2.43. The second-order valence-electron chi connectivity index (χ2n) is 5.19. The van der Waals surface area contributed by atoms with Crippen molar-refractivity contribution >= 4 is 17.0 Å². The van der Waals surface area contributed by atoms with Crippen LogP contribution in [-0.2, 0) is 4.74 Å². The van der Waals surface area contributed by atoms with Crippen LogP contribution in [-0.4, -0.2) is 59.9 Å². The second kappa shape index (κ2) is 4.49. The van der Waals surface area contributed by atoms with Crippen LogP contribution in [0.2, 0.25) is 0 Å². The van der Waals surface area contributed by atoms with E-state index < -0.39 is 36.1 Å². The predicted molar refractivity (Wildman–Crippen MR) is 70.3 cm³/mol. The van der Waals surface area contributed by atoms with Crippen molar-refractivity contribution in [2.75, 3.05) is 12.3 Å². The Labute approximate surface area is 117 Å². The van der Waals surface area contributed by atoms with Gasteiger partial charge in [-0.25, -0.2) is 4.98 Å². The Hall–Kier alpha value is -2.01. The molecule has 0 spiro atoms. The van der Waals surface area contributed by atoms with Crippen LogP contribution < -0.4 is 11.3 Å². The number of anilines is 1. The molecule has 4 atom stereocenters. The highest BCUT2D eigenvalue weighted by atomic mass is 16.6. The Morgan fingerprint density at radius 2 is 2.24 bits per heavy atom. The molecule has 1 aliphatic heterocycles. The Bertz CT molecular complexity index is 738. The highest BCUT2D eigenvalue weighted by molar-refractivity contribution is 5.77. The zero-order valence-corrected chi connectivity index (χ0v) is 11.1. The summed E-state index contributed by atoms with van der Waals surface area (Å²) < 4.78 is 5.44. The maximum Gasteiger partial charge on any atom is 0.278 e. The molecule has 114 valence electrons. The topological polar surface area (TPSA) is 170 Å². The average Bonchev–Trinajstić information content (AvgIpc) is 2.91. The maximum atomic E-state index is 11.7. The summed E-state index contributed by atoms with van der Waals surface area (Å²) >= 11 is 0. The lowest BCUT2D eigenvalue weighted by atomic mass is 9.91. The number of H-pyrrole nitrogens is 2. The predicted octanol–water partition coefficient (Wildman–Crippen LogP) is -2.23. The molecule has 2 aromatic rings. The summed E-state index contributed by atoms with van der Waals surface area (Å²) in [7, 11) is 0. The number of fused-ring (bicyclic) bond motifs is 1. The minimum absolute atomic E-state index is 0.0838. The van der Waals surface area contributed by atoms with Crippen LogP contribution in [0.4, 0.5) is 5.95 Å². The van der Waals surface area contributed by atoms with E-state index in [2.05, 4.69) is 20.2 Å². The normalized spacial score (nSPS) is 32.9. The molecule has 0 radical (unpaired) electrons. The molecule has 7 N–H and O–H groups in total. The van der Waals surface area contributed by atoms with Gasteiger partial charge in [-0.05, 0) is 6.92 Å². The van der Waals surface area contributed by atoms with Gasteiger partial charge in [0.2, 0.25) is 5.95 Å². The summed E-state index contributed by atoms with van der Waals surface area (Å²) in [5.41, 5.74) is 3.66. The van der Waals surface area contributed by atoms with Crippen molar-refractivity contribution < 1.29 is 20.1 Å². The first kappa shape index (κ1) is 13.9. The average molecular weight is 297 g/mol. The van der Waals surface area contributed by atoms with Gasteiger partial charge in [-0.15, -0.1) is 0 Å². The second-order valence-corrected chi connectivity index (χ2v) is 5.19. The van der Waals surface area contributed by atoms with Gasteiger partial charge in [0.25, 0.3) is 5.56 Å². The van der Waals surface area contributed by atoms with Gasteiger partial charge < -0.3 is 25.8 Å². The fourth-order valence-electron chi connectivity index (χ4n) is 2.53. The van der Waals surface area contributed by atoms with E-state index in [1.165, 1.54) is 6.92 Å². The van der Waals surface area contributed by atoms with E-state index >= 15 is 0 Å². The fourth-order valence-corrected chi connectivity index (χ4v) is 2.53. The number of aliphatic hydroxyl groups is 3. The third-order valence-electron chi connectivity index (χ3n) is 3.69. The molecule has 1 fully saturated rings. The van der Waals surface area contributed by atoms with E-state index in [0.717, 1.165) is 0 Å². The van der Waals surface area contributed by atoms with Crippen molar-refractivity contribution in [2.24, 2.45) is 0 Å².